The zero-order valence-electron chi connectivity index (χ0n) is 8.15. The number of hydrogen-bond donors (Lipinski definition) is 1. The van der Waals surface area contributed by atoms with Crippen molar-refractivity contribution < 1.29 is 17.4 Å². The minimum atomic E-state index is -3.63. The molecule has 5 nitrogen and oxygen atoms in total. The number of rotatable bonds is 3. The maximum absolute atomic E-state index is 11.2. The monoisotopic (exact) mass is 221 g/mol. The molecule has 0 radical (unpaired) electrons. The van der Waals surface area contributed by atoms with Crippen molar-refractivity contribution in [3.05, 3.63) is 0 Å². The van der Waals surface area contributed by atoms with Crippen molar-refractivity contribution in [2.75, 3.05) is 6.26 Å². The van der Waals surface area contributed by atoms with Gasteiger partial charge < -0.3 is 5.73 Å². The Morgan fingerprint density at radius 2 is 1.79 bits per heavy atom. The summed E-state index contributed by atoms with van der Waals surface area (Å²) in [6.07, 6.45) is 4.27. The summed E-state index contributed by atoms with van der Waals surface area (Å²) in [6, 6.07) is 0. The first kappa shape index (κ1) is 11.5. The SMILES string of the molecule is CS(=O)(=O)OC1(C(N)=O)CCCCC1. The molecule has 1 fully saturated rings. The second kappa shape index (κ2) is 3.86. The molecule has 0 atom stereocenters. The van der Waals surface area contributed by atoms with Crippen LogP contribution < -0.4 is 5.73 Å². The fourth-order valence-electron chi connectivity index (χ4n) is 1.78. The van der Waals surface area contributed by atoms with Crippen LogP contribution in [0.4, 0.5) is 0 Å². The van der Waals surface area contributed by atoms with E-state index in [4.69, 9.17) is 9.92 Å². The maximum Gasteiger partial charge on any atom is 0.265 e. The van der Waals surface area contributed by atoms with Crippen LogP contribution in [0.25, 0.3) is 0 Å². The van der Waals surface area contributed by atoms with Gasteiger partial charge in [-0.3, -0.25) is 8.98 Å². The Balaban J connectivity index is 2.87. The topological polar surface area (TPSA) is 86.5 Å². The van der Waals surface area contributed by atoms with Gasteiger partial charge in [0.1, 0.15) is 0 Å². The van der Waals surface area contributed by atoms with Crippen molar-refractivity contribution in [3.63, 3.8) is 0 Å². The third kappa shape index (κ3) is 2.68. The molecule has 1 aliphatic rings. The summed E-state index contributed by atoms with van der Waals surface area (Å²) in [6.45, 7) is 0. The van der Waals surface area contributed by atoms with E-state index in [1.165, 1.54) is 0 Å². The van der Waals surface area contributed by atoms with Gasteiger partial charge in [0.15, 0.2) is 5.60 Å². The Labute approximate surface area is 83.7 Å². The minimum Gasteiger partial charge on any atom is -0.367 e. The Morgan fingerprint density at radius 3 is 2.14 bits per heavy atom. The van der Waals surface area contributed by atoms with Gasteiger partial charge in [0.05, 0.1) is 6.26 Å². The smallest absolute Gasteiger partial charge is 0.265 e. The highest BCUT2D eigenvalue weighted by Crippen LogP contribution is 2.32. The van der Waals surface area contributed by atoms with Gasteiger partial charge >= 0.3 is 0 Å². The standard InChI is InChI=1S/C8H15NO4S/c1-14(11,12)13-8(7(9)10)5-3-2-4-6-8/h2-6H2,1H3,(H2,9,10). The second-order valence-corrected chi connectivity index (χ2v) is 5.28. The Morgan fingerprint density at radius 1 is 1.29 bits per heavy atom. The highest BCUT2D eigenvalue weighted by atomic mass is 32.2. The van der Waals surface area contributed by atoms with Gasteiger partial charge in [-0.1, -0.05) is 6.42 Å². The van der Waals surface area contributed by atoms with Gasteiger partial charge in [-0.2, -0.15) is 8.42 Å². The highest BCUT2D eigenvalue weighted by molar-refractivity contribution is 7.86. The first-order chi connectivity index (χ1) is 6.36. The molecule has 1 amide bonds. The molecule has 1 saturated carbocycles. The van der Waals surface area contributed by atoms with E-state index in [9.17, 15) is 13.2 Å². The van der Waals surface area contributed by atoms with Crippen molar-refractivity contribution in [1.82, 2.24) is 0 Å². The van der Waals surface area contributed by atoms with E-state index in [0.717, 1.165) is 25.5 Å². The molecular formula is C8H15NO4S. The van der Waals surface area contributed by atoms with Crippen LogP contribution in [0, 0.1) is 0 Å². The summed E-state index contributed by atoms with van der Waals surface area (Å²) in [5.74, 6) is -0.678. The van der Waals surface area contributed by atoms with Crippen molar-refractivity contribution in [3.8, 4) is 0 Å². The summed E-state index contributed by atoms with van der Waals surface area (Å²) in [4.78, 5) is 11.2. The van der Waals surface area contributed by atoms with Gasteiger partial charge in [0.25, 0.3) is 16.0 Å². The predicted octanol–water partition coefficient (Wildman–Crippen LogP) is 0.151. The van der Waals surface area contributed by atoms with Crippen LogP contribution in [-0.4, -0.2) is 26.2 Å². The molecule has 0 aromatic heterocycles. The summed E-state index contributed by atoms with van der Waals surface area (Å²) in [5, 5.41) is 0. The molecule has 14 heavy (non-hydrogen) atoms. The molecule has 0 aliphatic heterocycles. The lowest BCUT2D eigenvalue weighted by molar-refractivity contribution is -0.135. The first-order valence-corrected chi connectivity index (χ1v) is 6.38. The van der Waals surface area contributed by atoms with E-state index in [-0.39, 0.29) is 0 Å². The fourth-order valence-corrected chi connectivity index (χ4v) is 2.61. The van der Waals surface area contributed by atoms with Crippen LogP contribution in [-0.2, 0) is 19.1 Å². The molecular weight excluding hydrogens is 206 g/mol. The van der Waals surface area contributed by atoms with E-state index >= 15 is 0 Å². The largest absolute Gasteiger partial charge is 0.367 e. The fraction of sp³-hybridized carbons (Fsp3) is 0.875. The van der Waals surface area contributed by atoms with E-state index in [1.807, 2.05) is 0 Å². The molecule has 0 spiro atoms. The summed E-state index contributed by atoms with van der Waals surface area (Å²) in [7, 11) is -3.63. The summed E-state index contributed by atoms with van der Waals surface area (Å²) >= 11 is 0. The Kier molecular flexibility index (Phi) is 3.16. The van der Waals surface area contributed by atoms with Crippen molar-refractivity contribution in [2.45, 2.75) is 37.7 Å². The molecule has 0 bridgehead atoms. The average molecular weight is 221 g/mol. The average Bonchev–Trinajstić information content (AvgIpc) is 2.02. The molecule has 0 aromatic carbocycles. The molecule has 1 rings (SSSR count). The van der Waals surface area contributed by atoms with Crippen molar-refractivity contribution in [2.24, 2.45) is 5.73 Å². The number of amides is 1. The number of carbonyl (C=O) groups excluding carboxylic acids is 1. The van der Waals surface area contributed by atoms with E-state index in [2.05, 4.69) is 0 Å². The van der Waals surface area contributed by atoms with Crippen molar-refractivity contribution in [1.29, 1.82) is 0 Å². The molecule has 6 heteroatoms. The van der Waals surface area contributed by atoms with Crippen LogP contribution in [0.15, 0.2) is 0 Å². The lowest BCUT2D eigenvalue weighted by Gasteiger charge is -2.32. The maximum atomic E-state index is 11.2. The molecule has 0 unspecified atom stereocenters. The lowest BCUT2D eigenvalue weighted by Crippen LogP contribution is -2.48. The van der Waals surface area contributed by atoms with Crippen molar-refractivity contribution >= 4 is 16.0 Å². The third-order valence-electron chi connectivity index (χ3n) is 2.42. The molecule has 0 saturated heterocycles. The zero-order chi connectivity index (χ0) is 10.8. The highest BCUT2D eigenvalue weighted by Gasteiger charge is 2.42. The number of primary amides is 1. The predicted molar refractivity (Wildman–Crippen MR) is 50.9 cm³/mol. The summed E-state index contributed by atoms with van der Waals surface area (Å²) < 4.78 is 26.8. The number of carbonyl (C=O) groups is 1. The molecule has 0 heterocycles. The van der Waals surface area contributed by atoms with E-state index < -0.39 is 21.6 Å². The molecule has 2 N–H and O–H groups in total. The number of hydrogen-bond acceptors (Lipinski definition) is 4. The third-order valence-corrected chi connectivity index (χ3v) is 3.04. The Hall–Kier alpha value is -0.620. The lowest BCUT2D eigenvalue weighted by atomic mass is 9.84. The van der Waals surface area contributed by atoms with Crippen LogP contribution in [0.3, 0.4) is 0 Å². The van der Waals surface area contributed by atoms with E-state index in [0.29, 0.717) is 12.8 Å². The van der Waals surface area contributed by atoms with Crippen LogP contribution in [0.1, 0.15) is 32.1 Å². The van der Waals surface area contributed by atoms with Gasteiger partial charge in [-0.25, -0.2) is 0 Å². The first-order valence-electron chi connectivity index (χ1n) is 4.56. The van der Waals surface area contributed by atoms with Gasteiger partial charge in [-0.05, 0) is 25.7 Å². The molecule has 0 aromatic rings. The number of nitrogens with two attached hydrogens (primary N) is 1. The van der Waals surface area contributed by atoms with Gasteiger partial charge in [-0.15, -0.1) is 0 Å². The normalized spacial score (nSPS) is 21.8. The Bertz CT molecular complexity index is 316. The van der Waals surface area contributed by atoms with Crippen LogP contribution in [0.2, 0.25) is 0 Å². The molecule has 82 valence electrons. The van der Waals surface area contributed by atoms with Crippen LogP contribution in [0.5, 0.6) is 0 Å². The van der Waals surface area contributed by atoms with Gasteiger partial charge in [0.2, 0.25) is 0 Å². The van der Waals surface area contributed by atoms with Gasteiger partial charge in [0, 0.05) is 0 Å². The zero-order valence-corrected chi connectivity index (χ0v) is 8.97. The van der Waals surface area contributed by atoms with E-state index in [1.54, 1.807) is 0 Å². The molecule has 1 aliphatic carbocycles. The minimum absolute atomic E-state index is 0.398. The summed E-state index contributed by atoms with van der Waals surface area (Å²) in [5.41, 5.74) is 3.90. The van der Waals surface area contributed by atoms with Crippen LogP contribution >= 0.6 is 0 Å². The quantitative estimate of drug-likeness (QED) is 0.687. The second-order valence-electron chi connectivity index (χ2n) is 3.71.